The molecule has 4 rings (SSSR count). The van der Waals surface area contributed by atoms with E-state index in [2.05, 4.69) is 0 Å². The zero-order valence-corrected chi connectivity index (χ0v) is 16.1. The zero-order valence-electron chi connectivity index (χ0n) is 15.3. The second-order valence-electron chi connectivity index (χ2n) is 6.86. The minimum atomic E-state index is -3.75. The van der Waals surface area contributed by atoms with Gasteiger partial charge in [0.15, 0.2) is 0 Å². The van der Waals surface area contributed by atoms with Gasteiger partial charge in [0.1, 0.15) is 17.6 Å². The SMILES string of the molecule is CCOc1cc2c(cc1CN1C(=O)c3ccccc3CS1(=O)=O)O[C@@H](C)C2. The highest BCUT2D eigenvalue weighted by Crippen LogP contribution is 2.37. The van der Waals surface area contributed by atoms with E-state index in [1.165, 1.54) is 0 Å². The van der Waals surface area contributed by atoms with E-state index in [0.717, 1.165) is 22.0 Å². The van der Waals surface area contributed by atoms with Crippen molar-refractivity contribution in [1.29, 1.82) is 0 Å². The highest BCUT2D eigenvalue weighted by Gasteiger charge is 2.36. The molecule has 0 bridgehead atoms. The molecule has 27 heavy (non-hydrogen) atoms. The molecule has 142 valence electrons. The van der Waals surface area contributed by atoms with Gasteiger partial charge in [-0.3, -0.25) is 4.79 Å². The summed E-state index contributed by atoms with van der Waals surface area (Å²) in [6.07, 6.45) is 0.848. The van der Waals surface area contributed by atoms with Crippen molar-refractivity contribution in [2.45, 2.75) is 38.7 Å². The number of nitrogens with zero attached hydrogens (tertiary/aromatic N) is 1. The fourth-order valence-corrected chi connectivity index (χ4v) is 5.10. The van der Waals surface area contributed by atoms with Crippen LogP contribution >= 0.6 is 0 Å². The average molecular weight is 387 g/mol. The van der Waals surface area contributed by atoms with Gasteiger partial charge in [0.05, 0.1) is 18.9 Å². The fourth-order valence-electron chi connectivity index (χ4n) is 3.61. The van der Waals surface area contributed by atoms with Gasteiger partial charge in [0, 0.05) is 23.1 Å². The average Bonchev–Trinajstić information content (AvgIpc) is 2.97. The molecule has 0 aromatic heterocycles. The van der Waals surface area contributed by atoms with E-state index in [4.69, 9.17) is 9.47 Å². The number of hydrogen-bond donors (Lipinski definition) is 0. The Balaban J connectivity index is 1.73. The summed E-state index contributed by atoms with van der Waals surface area (Å²) < 4.78 is 38.0. The summed E-state index contributed by atoms with van der Waals surface area (Å²) in [4.78, 5) is 12.9. The second-order valence-corrected chi connectivity index (χ2v) is 8.75. The van der Waals surface area contributed by atoms with Gasteiger partial charge in [-0.2, -0.15) is 0 Å². The predicted octanol–water partition coefficient (Wildman–Crippen LogP) is 2.89. The van der Waals surface area contributed by atoms with Crippen LogP contribution in [0.5, 0.6) is 11.5 Å². The number of ether oxygens (including phenoxy) is 2. The third-order valence-electron chi connectivity index (χ3n) is 4.84. The van der Waals surface area contributed by atoms with Crippen molar-refractivity contribution < 1.29 is 22.7 Å². The number of sulfonamides is 1. The molecule has 2 aliphatic rings. The highest BCUT2D eigenvalue weighted by molar-refractivity contribution is 7.89. The smallest absolute Gasteiger partial charge is 0.267 e. The lowest BCUT2D eigenvalue weighted by molar-refractivity contribution is 0.0848. The standard InChI is InChI=1S/C20H21NO5S/c1-3-25-18-9-15-8-13(2)26-19(15)10-16(18)11-21-20(22)17-7-5-4-6-14(17)12-27(21,23)24/h4-7,9-10,13H,3,8,11-12H2,1-2H3/t13-/m0/s1. The first-order chi connectivity index (χ1) is 12.9. The maximum atomic E-state index is 12.9. The third kappa shape index (κ3) is 3.16. The Bertz CT molecular complexity index is 1020. The molecule has 0 saturated carbocycles. The molecule has 7 heteroatoms. The van der Waals surface area contributed by atoms with E-state index in [0.29, 0.717) is 29.0 Å². The van der Waals surface area contributed by atoms with E-state index >= 15 is 0 Å². The Morgan fingerprint density at radius 1 is 1.22 bits per heavy atom. The van der Waals surface area contributed by atoms with Crippen LogP contribution in [0, 0.1) is 0 Å². The van der Waals surface area contributed by atoms with Crippen molar-refractivity contribution >= 4 is 15.9 Å². The molecule has 0 spiro atoms. The summed E-state index contributed by atoms with van der Waals surface area (Å²) >= 11 is 0. The number of fused-ring (bicyclic) bond motifs is 2. The van der Waals surface area contributed by atoms with Crippen LogP contribution in [0.3, 0.4) is 0 Å². The Morgan fingerprint density at radius 3 is 2.78 bits per heavy atom. The molecule has 2 aliphatic heterocycles. The van der Waals surface area contributed by atoms with Crippen LogP contribution in [0.4, 0.5) is 0 Å². The van der Waals surface area contributed by atoms with Crippen LogP contribution in [0.1, 0.15) is 40.9 Å². The van der Waals surface area contributed by atoms with Gasteiger partial charge >= 0.3 is 0 Å². The van der Waals surface area contributed by atoms with Gasteiger partial charge in [-0.1, -0.05) is 18.2 Å². The second kappa shape index (κ2) is 6.56. The summed E-state index contributed by atoms with van der Waals surface area (Å²) in [5.41, 5.74) is 2.63. The van der Waals surface area contributed by atoms with E-state index < -0.39 is 15.9 Å². The van der Waals surface area contributed by atoms with Gasteiger partial charge in [0.2, 0.25) is 10.0 Å². The van der Waals surface area contributed by atoms with Crippen molar-refractivity contribution in [2.75, 3.05) is 6.61 Å². The summed E-state index contributed by atoms with van der Waals surface area (Å²) in [7, 11) is -3.75. The number of rotatable bonds is 4. The Morgan fingerprint density at radius 2 is 2.00 bits per heavy atom. The summed E-state index contributed by atoms with van der Waals surface area (Å²) in [6.45, 7) is 4.23. The zero-order chi connectivity index (χ0) is 19.2. The van der Waals surface area contributed by atoms with Crippen LogP contribution in [0.15, 0.2) is 36.4 Å². The van der Waals surface area contributed by atoms with Crippen molar-refractivity contribution in [3.8, 4) is 11.5 Å². The third-order valence-corrected chi connectivity index (χ3v) is 6.48. The molecule has 6 nitrogen and oxygen atoms in total. The lowest BCUT2D eigenvalue weighted by atomic mass is 10.1. The van der Waals surface area contributed by atoms with E-state index in [1.807, 2.05) is 19.9 Å². The number of carbonyl (C=O) groups is 1. The van der Waals surface area contributed by atoms with Gasteiger partial charge in [-0.25, -0.2) is 12.7 Å². The fraction of sp³-hybridized carbons (Fsp3) is 0.350. The van der Waals surface area contributed by atoms with E-state index in [9.17, 15) is 13.2 Å². The number of benzene rings is 2. The van der Waals surface area contributed by atoms with Crippen molar-refractivity contribution in [1.82, 2.24) is 4.31 Å². The normalized spacial score (nSPS) is 20.0. The first kappa shape index (κ1) is 17.9. The van der Waals surface area contributed by atoms with Crippen LogP contribution in [0.25, 0.3) is 0 Å². The quantitative estimate of drug-likeness (QED) is 0.807. The molecule has 0 radical (unpaired) electrons. The number of hydrogen-bond acceptors (Lipinski definition) is 5. The van der Waals surface area contributed by atoms with Gasteiger partial charge < -0.3 is 9.47 Å². The lowest BCUT2D eigenvalue weighted by Gasteiger charge is -2.28. The van der Waals surface area contributed by atoms with E-state index in [1.54, 1.807) is 30.3 Å². The Labute approximate surface area is 158 Å². The lowest BCUT2D eigenvalue weighted by Crippen LogP contribution is -2.41. The minimum absolute atomic E-state index is 0.0666. The Kier molecular flexibility index (Phi) is 4.34. The van der Waals surface area contributed by atoms with Gasteiger partial charge in [-0.05, 0) is 37.6 Å². The van der Waals surface area contributed by atoms with Crippen molar-refractivity contribution in [3.63, 3.8) is 0 Å². The maximum absolute atomic E-state index is 12.9. The molecule has 0 N–H and O–H groups in total. The van der Waals surface area contributed by atoms with Crippen LogP contribution < -0.4 is 9.47 Å². The molecule has 0 saturated heterocycles. The molecular formula is C20H21NO5S. The summed E-state index contributed by atoms with van der Waals surface area (Å²) in [6, 6.07) is 10.5. The summed E-state index contributed by atoms with van der Waals surface area (Å²) in [5.74, 6) is 0.630. The monoisotopic (exact) mass is 387 g/mol. The van der Waals surface area contributed by atoms with Gasteiger partial charge in [-0.15, -0.1) is 0 Å². The Hall–Kier alpha value is -2.54. The predicted molar refractivity (Wildman–Crippen MR) is 100 cm³/mol. The van der Waals surface area contributed by atoms with Crippen LogP contribution in [0.2, 0.25) is 0 Å². The molecular weight excluding hydrogens is 366 g/mol. The molecule has 0 fully saturated rings. The first-order valence-electron chi connectivity index (χ1n) is 8.97. The summed E-state index contributed by atoms with van der Waals surface area (Å²) in [5, 5.41) is 0. The largest absolute Gasteiger partial charge is 0.494 e. The van der Waals surface area contributed by atoms with Crippen molar-refractivity contribution in [3.05, 3.63) is 58.7 Å². The molecule has 1 amide bonds. The van der Waals surface area contributed by atoms with Crippen molar-refractivity contribution in [2.24, 2.45) is 0 Å². The van der Waals surface area contributed by atoms with Gasteiger partial charge in [0.25, 0.3) is 5.91 Å². The van der Waals surface area contributed by atoms with E-state index in [-0.39, 0.29) is 18.4 Å². The molecule has 0 unspecified atom stereocenters. The maximum Gasteiger partial charge on any atom is 0.267 e. The minimum Gasteiger partial charge on any atom is -0.494 e. The van der Waals surface area contributed by atoms with Crippen LogP contribution in [-0.2, 0) is 28.7 Å². The first-order valence-corrected chi connectivity index (χ1v) is 10.6. The molecule has 2 aromatic carbocycles. The molecule has 2 heterocycles. The molecule has 0 aliphatic carbocycles. The topological polar surface area (TPSA) is 72.9 Å². The number of amides is 1. The molecule has 1 atom stereocenters. The number of carbonyl (C=O) groups excluding carboxylic acids is 1. The highest BCUT2D eigenvalue weighted by atomic mass is 32.2. The van der Waals surface area contributed by atoms with Crippen LogP contribution in [-0.4, -0.2) is 31.3 Å². The molecule has 2 aromatic rings.